The summed E-state index contributed by atoms with van der Waals surface area (Å²) in [7, 11) is 0. The third-order valence-electron chi connectivity index (χ3n) is 6.98. The lowest BCUT2D eigenvalue weighted by Crippen LogP contribution is -2.31. The third-order valence-corrected chi connectivity index (χ3v) is 7.51. The van der Waals surface area contributed by atoms with E-state index in [0.717, 1.165) is 28.8 Å². The summed E-state index contributed by atoms with van der Waals surface area (Å²) in [5, 5.41) is 19.8. The van der Waals surface area contributed by atoms with Crippen LogP contribution in [-0.4, -0.2) is 62.6 Å². The first-order chi connectivity index (χ1) is 18.8. The minimum atomic E-state index is -0.817. The Morgan fingerprint density at radius 1 is 1.13 bits per heavy atom. The molecule has 1 N–H and O–H groups in total. The second kappa shape index (κ2) is 11.6. The monoisotopic (exact) mass is 593 g/mol. The van der Waals surface area contributed by atoms with E-state index in [0.29, 0.717) is 12.4 Å². The number of amidine groups is 1. The number of rotatable bonds is 8. The molecule has 4 atom stereocenters. The molecule has 0 saturated carbocycles. The van der Waals surface area contributed by atoms with Gasteiger partial charge in [0.2, 0.25) is 0 Å². The Morgan fingerprint density at radius 2 is 1.85 bits per heavy atom. The first-order valence-corrected chi connectivity index (χ1v) is 13.7. The van der Waals surface area contributed by atoms with Gasteiger partial charge in [0.15, 0.2) is 23.5 Å². The van der Waals surface area contributed by atoms with E-state index in [2.05, 4.69) is 56.1 Å². The SMILES string of the molecule is CC(=Nc1c(C#N)ncn1[C@@H]1O[C@H](CO)[C@H]2OC(C)(C)O[C@H]21)N(CCc1ccc(Br)cc1)Cc1ccccc1. The van der Waals surface area contributed by atoms with Crippen LogP contribution in [0.15, 0.2) is 70.4 Å². The number of nitrogens with zero attached hydrogens (tertiary/aromatic N) is 5. The molecular weight excluding hydrogens is 562 g/mol. The van der Waals surface area contributed by atoms with Crippen LogP contribution in [0.3, 0.4) is 0 Å². The number of hydrogen-bond donors (Lipinski definition) is 1. The number of ether oxygens (including phenoxy) is 3. The molecule has 0 spiro atoms. The lowest BCUT2D eigenvalue weighted by Gasteiger charge is -2.26. The fourth-order valence-corrected chi connectivity index (χ4v) is 5.32. The van der Waals surface area contributed by atoms with Gasteiger partial charge in [-0.25, -0.2) is 9.98 Å². The standard InChI is InChI=1S/C29H32BrN5O4/c1-19(34(16-21-7-5-4-6-8-21)14-13-20-9-11-22(30)12-10-20)33-27-23(15-31)32-18-35(27)28-26-25(24(17-36)37-28)38-29(2,3)39-26/h4-12,18,24-26,28,36H,13-14,16-17H2,1-3H3/t24-,25-,26-,28-/m1/s1. The molecule has 2 aliphatic rings. The zero-order valence-electron chi connectivity index (χ0n) is 22.2. The van der Waals surface area contributed by atoms with E-state index < -0.39 is 30.3 Å². The highest BCUT2D eigenvalue weighted by molar-refractivity contribution is 9.10. The first kappa shape index (κ1) is 27.5. The van der Waals surface area contributed by atoms with Gasteiger partial charge < -0.3 is 24.2 Å². The highest BCUT2D eigenvalue weighted by Gasteiger charge is 2.56. The van der Waals surface area contributed by atoms with Crippen molar-refractivity contribution in [2.75, 3.05) is 13.2 Å². The van der Waals surface area contributed by atoms with Crippen LogP contribution in [-0.2, 0) is 27.2 Å². The highest BCUT2D eigenvalue weighted by atomic mass is 79.9. The molecule has 0 aliphatic carbocycles. The average molecular weight is 595 g/mol. The van der Waals surface area contributed by atoms with E-state index in [1.54, 1.807) is 10.9 Å². The molecule has 204 valence electrons. The number of nitriles is 1. The number of aromatic nitrogens is 2. The number of aliphatic hydroxyl groups is 1. The van der Waals surface area contributed by atoms with Gasteiger partial charge in [-0.2, -0.15) is 5.26 Å². The van der Waals surface area contributed by atoms with Crippen molar-refractivity contribution in [3.05, 3.63) is 82.2 Å². The van der Waals surface area contributed by atoms with E-state index in [1.807, 2.05) is 51.1 Å². The summed E-state index contributed by atoms with van der Waals surface area (Å²) in [6.45, 7) is 6.78. The summed E-state index contributed by atoms with van der Waals surface area (Å²) in [6, 6.07) is 20.7. The molecule has 2 aromatic carbocycles. The molecule has 0 unspecified atom stereocenters. The molecule has 3 aromatic rings. The number of aliphatic imine (C=N–C) groups is 1. The number of fused-ring (bicyclic) bond motifs is 1. The third kappa shape index (κ3) is 6.08. The minimum absolute atomic E-state index is 0.188. The number of halogens is 1. The van der Waals surface area contributed by atoms with Gasteiger partial charge in [-0.1, -0.05) is 58.4 Å². The van der Waals surface area contributed by atoms with Crippen molar-refractivity contribution >= 4 is 27.6 Å². The average Bonchev–Trinajstić information content (AvgIpc) is 3.57. The molecule has 2 aliphatic heterocycles. The van der Waals surface area contributed by atoms with Crippen LogP contribution in [0, 0.1) is 11.3 Å². The molecule has 2 saturated heterocycles. The number of aliphatic hydroxyl groups excluding tert-OH is 1. The molecule has 3 heterocycles. The van der Waals surface area contributed by atoms with Gasteiger partial charge in [0, 0.05) is 17.6 Å². The van der Waals surface area contributed by atoms with Crippen LogP contribution in [0.1, 0.15) is 43.8 Å². The molecule has 0 radical (unpaired) electrons. The van der Waals surface area contributed by atoms with Crippen LogP contribution >= 0.6 is 15.9 Å². The highest BCUT2D eigenvalue weighted by Crippen LogP contribution is 2.44. The Hall–Kier alpha value is -3.07. The summed E-state index contributed by atoms with van der Waals surface area (Å²) in [5.41, 5.74) is 2.56. The number of benzene rings is 2. The zero-order valence-corrected chi connectivity index (χ0v) is 23.8. The smallest absolute Gasteiger partial charge is 0.185 e. The topological polar surface area (TPSA) is 105 Å². The van der Waals surface area contributed by atoms with Crippen LogP contribution in [0.25, 0.3) is 0 Å². The molecule has 39 heavy (non-hydrogen) atoms. The van der Waals surface area contributed by atoms with Crippen molar-refractivity contribution in [3.63, 3.8) is 0 Å². The molecule has 9 nitrogen and oxygen atoms in total. The second-order valence-electron chi connectivity index (χ2n) is 10.2. The van der Waals surface area contributed by atoms with Crippen LogP contribution in [0.2, 0.25) is 0 Å². The normalized spacial score (nSPS) is 23.9. The van der Waals surface area contributed by atoms with Crippen LogP contribution in [0.5, 0.6) is 0 Å². The van der Waals surface area contributed by atoms with Gasteiger partial charge >= 0.3 is 0 Å². The lowest BCUT2D eigenvalue weighted by atomic mass is 10.1. The maximum Gasteiger partial charge on any atom is 0.185 e. The molecule has 10 heteroatoms. The predicted octanol–water partition coefficient (Wildman–Crippen LogP) is 4.72. The van der Waals surface area contributed by atoms with Gasteiger partial charge in [-0.15, -0.1) is 0 Å². The predicted molar refractivity (Wildman–Crippen MR) is 149 cm³/mol. The van der Waals surface area contributed by atoms with E-state index in [-0.39, 0.29) is 12.3 Å². The Bertz CT molecular complexity index is 1350. The van der Waals surface area contributed by atoms with E-state index in [4.69, 9.17) is 19.2 Å². The molecule has 2 fully saturated rings. The van der Waals surface area contributed by atoms with Gasteiger partial charge in [0.1, 0.15) is 36.5 Å². The Morgan fingerprint density at radius 3 is 2.54 bits per heavy atom. The maximum absolute atomic E-state index is 9.92. The summed E-state index contributed by atoms with van der Waals surface area (Å²) >= 11 is 3.50. The second-order valence-corrected chi connectivity index (χ2v) is 11.1. The molecular formula is C29H32BrN5O4. The summed E-state index contributed by atoms with van der Waals surface area (Å²) < 4.78 is 21.1. The zero-order chi connectivity index (χ0) is 27.6. The van der Waals surface area contributed by atoms with Crippen molar-refractivity contribution in [3.8, 4) is 6.07 Å². The quantitative estimate of drug-likeness (QED) is 0.297. The lowest BCUT2D eigenvalue weighted by molar-refractivity contribution is -0.199. The van der Waals surface area contributed by atoms with E-state index in [9.17, 15) is 10.4 Å². The maximum atomic E-state index is 9.92. The van der Waals surface area contributed by atoms with Crippen molar-refractivity contribution < 1.29 is 19.3 Å². The summed E-state index contributed by atoms with van der Waals surface area (Å²) in [6.07, 6.45) is 0.231. The fourth-order valence-electron chi connectivity index (χ4n) is 5.06. The first-order valence-electron chi connectivity index (χ1n) is 13.0. The fraction of sp³-hybridized carbons (Fsp3) is 0.414. The summed E-state index contributed by atoms with van der Waals surface area (Å²) in [4.78, 5) is 11.4. The van der Waals surface area contributed by atoms with Gasteiger partial charge in [-0.3, -0.25) is 4.57 Å². The Kier molecular flexibility index (Phi) is 8.16. The minimum Gasteiger partial charge on any atom is -0.394 e. The van der Waals surface area contributed by atoms with Crippen molar-refractivity contribution in [2.24, 2.45) is 4.99 Å². The summed E-state index contributed by atoms with van der Waals surface area (Å²) in [5.74, 6) is 0.307. The van der Waals surface area contributed by atoms with Crippen LogP contribution < -0.4 is 0 Å². The van der Waals surface area contributed by atoms with Gasteiger partial charge in [-0.05, 0) is 50.5 Å². The van der Waals surface area contributed by atoms with Crippen molar-refractivity contribution in [1.82, 2.24) is 14.5 Å². The largest absolute Gasteiger partial charge is 0.394 e. The molecule has 0 bridgehead atoms. The number of hydrogen-bond acceptors (Lipinski definition) is 7. The van der Waals surface area contributed by atoms with Gasteiger partial charge in [0.05, 0.1) is 6.61 Å². The molecule has 0 amide bonds. The Labute approximate surface area is 236 Å². The Balaban J connectivity index is 1.45. The van der Waals surface area contributed by atoms with Crippen LogP contribution in [0.4, 0.5) is 5.82 Å². The number of imidazole rings is 1. The van der Waals surface area contributed by atoms with Gasteiger partial charge in [0.25, 0.3) is 0 Å². The van der Waals surface area contributed by atoms with E-state index >= 15 is 0 Å². The molecule has 5 rings (SSSR count). The van der Waals surface area contributed by atoms with E-state index in [1.165, 1.54) is 5.56 Å². The van der Waals surface area contributed by atoms with Crippen molar-refractivity contribution in [1.29, 1.82) is 5.26 Å². The molecule has 1 aromatic heterocycles. The van der Waals surface area contributed by atoms with Crippen molar-refractivity contribution in [2.45, 2.75) is 64.1 Å².